The number of nitrogens with one attached hydrogen (secondary N) is 1. The van der Waals surface area contributed by atoms with Gasteiger partial charge in [0, 0.05) is 19.4 Å². The Hall–Kier alpha value is -0.920. The lowest BCUT2D eigenvalue weighted by Gasteiger charge is -2.15. The van der Waals surface area contributed by atoms with Gasteiger partial charge in [-0.3, -0.25) is 0 Å². The van der Waals surface area contributed by atoms with Gasteiger partial charge < -0.3 is 10.2 Å². The Bertz CT molecular complexity index is 118. The van der Waals surface area contributed by atoms with Gasteiger partial charge in [0.25, 0.3) is 0 Å². The van der Waals surface area contributed by atoms with E-state index in [9.17, 15) is 0 Å². The van der Waals surface area contributed by atoms with Crippen molar-refractivity contribution < 1.29 is 0 Å². The van der Waals surface area contributed by atoms with Crippen molar-refractivity contribution in [1.82, 2.24) is 10.2 Å². The van der Waals surface area contributed by atoms with Gasteiger partial charge in [0.2, 0.25) is 0 Å². The van der Waals surface area contributed by atoms with E-state index in [0.29, 0.717) is 6.17 Å². The Labute approximate surface area is 49.5 Å². The Morgan fingerprint density at radius 2 is 2.62 bits per heavy atom. The van der Waals surface area contributed by atoms with Crippen molar-refractivity contribution in [3.63, 3.8) is 0 Å². The highest BCUT2D eigenvalue weighted by atomic mass is 15.3. The fourth-order valence-corrected chi connectivity index (χ4v) is 0.704. The quantitative estimate of drug-likeness (QED) is 0.494. The minimum atomic E-state index is 0.301. The lowest BCUT2D eigenvalue weighted by atomic mass is 10.5. The molecule has 0 aromatic rings. The molecule has 1 heterocycles. The van der Waals surface area contributed by atoms with Crippen molar-refractivity contribution in [3.8, 4) is 0 Å². The van der Waals surface area contributed by atoms with Crippen molar-refractivity contribution in [3.05, 3.63) is 25.1 Å². The third-order valence-electron chi connectivity index (χ3n) is 1.24. The lowest BCUT2D eigenvalue weighted by molar-refractivity contribution is 0.391. The number of likely N-dealkylation sites (N-methyl/N-ethyl adjacent to an activating group) is 1. The zero-order chi connectivity index (χ0) is 5.98. The van der Waals surface area contributed by atoms with E-state index in [4.69, 9.17) is 0 Å². The van der Waals surface area contributed by atoms with E-state index in [1.807, 2.05) is 30.4 Å². The molecule has 0 radical (unpaired) electrons. The van der Waals surface area contributed by atoms with E-state index in [2.05, 4.69) is 11.9 Å². The van der Waals surface area contributed by atoms with Gasteiger partial charge in [-0.05, 0) is 6.08 Å². The van der Waals surface area contributed by atoms with Gasteiger partial charge in [-0.15, -0.1) is 0 Å². The molecule has 0 saturated carbocycles. The fourth-order valence-electron chi connectivity index (χ4n) is 0.704. The monoisotopic (exact) mass is 110 g/mol. The van der Waals surface area contributed by atoms with Gasteiger partial charge in [0.1, 0.15) is 6.17 Å². The van der Waals surface area contributed by atoms with E-state index in [1.165, 1.54) is 0 Å². The van der Waals surface area contributed by atoms with E-state index < -0.39 is 0 Å². The minimum absolute atomic E-state index is 0.301. The third-order valence-corrected chi connectivity index (χ3v) is 1.24. The lowest BCUT2D eigenvalue weighted by Crippen LogP contribution is -2.29. The number of rotatable bonds is 1. The van der Waals surface area contributed by atoms with Crippen LogP contribution < -0.4 is 5.32 Å². The molecule has 2 nitrogen and oxygen atoms in total. The highest BCUT2D eigenvalue weighted by Gasteiger charge is 2.07. The first-order valence-corrected chi connectivity index (χ1v) is 2.62. The molecule has 2 heteroatoms. The summed E-state index contributed by atoms with van der Waals surface area (Å²) < 4.78 is 0. The van der Waals surface area contributed by atoms with Crippen LogP contribution in [0, 0.1) is 0 Å². The molecule has 8 heavy (non-hydrogen) atoms. The largest absolute Gasteiger partial charge is 0.367 e. The molecular weight excluding hydrogens is 100 g/mol. The second kappa shape index (κ2) is 1.90. The first-order chi connectivity index (χ1) is 3.84. The van der Waals surface area contributed by atoms with E-state index in [0.717, 1.165) is 0 Å². The Morgan fingerprint density at radius 3 is 2.88 bits per heavy atom. The zero-order valence-electron chi connectivity index (χ0n) is 4.96. The molecule has 0 aliphatic carbocycles. The summed E-state index contributed by atoms with van der Waals surface area (Å²) in [7, 11) is 2.00. The summed E-state index contributed by atoms with van der Waals surface area (Å²) >= 11 is 0. The fraction of sp³-hybridized carbons (Fsp3) is 0.333. The van der Waals surface area contributed by atoms with Crippen molar-refractivity contribution in [2.24, 2.45) is 0 Å². The van der Waals surface area contributed by atoms with Crippen LogP contribution in [0.4, 0.5) is 0 Å². The highest BCUT2D eigenvalue weighted by molar-refractivity contribution is 4.99. The van der Waals surface area contributed by atoms with Gasteiger partial charge in [-0.25, -0.2) is 0 Å². The smallest absolute Gasteiger partial charge is 0.117 e. The molecule has 1 atom stereocenters. The van der Waals surface area contributed by atoms with Crippen LogP contribution in [0.2, 0.25) is 0 Å². The summed E-state index contributed by atoms with van der Waals surface area (Å²) in [6, 6.07) is 0. The zero-order valence-corrected chi connectivity index (χ0v) is 4.96. The normalized spacial score (nSPS) is 25.6. The van der Waals surface area contributed by atoms with Gasteiger partial charge in [-0.1, -0.05) is 6.58 Å². The predicted octanol–water partition coefficient (Wildman–Crippen LogP) is 0.505. The molecule has 1 rings (SSSR count). The van der Waals surface area contributed by atoms with Gasteiger partial charge in [0.15, 0.2) is 0 Å². The molecule has 1 aliphatic heterocycles. The maximum absolute atomic E-state index is 3.65. The van der Waals surface area contributed by atoms with Crippen LogP contribution in [-0.2, 0) is 0 Å². The number of nitrogens with zero attached hydrogens (tertiary/aromatic N) is 1. The maximum atomic E-state index is 3.65. The van der Waals surface area contributed by atoms with Crippen LogP contribution in [0.1, 0.15) is 0 Å². The molecule has 1 N–H and O–H groups in total. The third kappa shape index (κ3) is 0.689. The Balaban J connectivity index is 2.50. The first kappa shape index (κ1) is 5.22. The van der Waals surface area contributed by atoms with Crippen molar-refractivity contribution in [2.45, 2.75) is 6.17 Å². The highest BCUT2D eigenvalue weighted by Crippen LogP contribution is 1.99. The van der Waals surface area contributed by atoms with Crippen LogP contribution in [0.3, 0.4) is 0 Å². The van der Waals surface area contributed by atoms with Crippen LogP contribution in [0.5, 0.6) is 0 Å². The van der Waals surface area contributed by atoms with Crippen LogP contribution >= 0.6 is 0 Å². The van der Waals surface area contributed by atoms with Crippen LogP contribution in [0.25, 0.3) is 0 Å². The molecule has 0 aromatic carbocycles. The summed E-state index contributed by atoms with van der Waals surface area (Å²) in [6.07, 6.45) is 6.05. The molecule has 0 amide bonds. The van der Waals surface area contributed by atoms with Crippen molar-refractivity contribution >= 4 is 0 Å². The van der Waals surface area contributed by atoms with Gasteiger partial charge >= 0.3 is 0 Å². The van der Waals surface area contributed by atoms with Crippen LogP contribution in [0.15, 0.2) is 25.1 Å². The molecule has 0 bridgehead atoms. The van der Waals surface area contributed by atoms with E-state index in [1.54, 1.807) is 0 Å². The Kier molecular flexibility index (Phi) is 1.24. The summed E-state index contributed by atoms with van der Waals surface area (Å²) in [5.74, 6) is 0. The van der Waals surface area contributed by atoms with Gasteiger partial charge in [-0.2, -0.15) is 0 Å². The standard InChI is InChI=1S/C6H10N2/c1-3-6-7-4-5-8(6)2/h3-7H,1H2,2H3/t6-/m1/s1. The van der Waals surface area contributed by atoms with Crippen molar-refractivity contribution in [1.29, 1.82) is 0 Å². The molecule has 0 saturated heterocycles. The predicted molar refractivity (Wildman–Crippen MR) is 34.0 cm³/mol. The topological polar surface area (TPSA) is 15.3 Å². The Morgan fingerprint density at radius 1 is 1.88 bits per heavy atom. The second-order valence-corrected chi connectivity index (χ2v) is 1.83. The summed E-state index contributed by atoms with van der Waals surface area (Å²) in [5.41, 5.74) is 0. The SMILES string of the molecule is C=C[C@@H]1NC=CN1C. The summed E-state index contributed by atoms with van der Waals surface area (Å²) in [4.78, 5) is 2.05. The number of hydrogen-bond donors (Lipinski definition) is 1. The second-order valence-electron chi connectivity index (χ2n) is 1.83. The summed E-state index contributed by atoms with van der Waals surface area (Å²) in [6.45, 7) is 3.65. The van der Waals surface area contributed by atoms with Gasteiger partial charge in [0.05, 0.1) is 0 Å². The molecule has 0 fully saturated rings. The molecule has 0 spiro atoms. The molecule has 1 aliphatic rings. The molecule has 44 valence electrons. The first-order valence-electron chi connectivity index (χ1n) is 2.62. The average molecular weight is 110 g/mol. The van der Waals surface area contributed by atoms with E-state index >= 15 is 0 Å². The van der Waals surface area contributed by atoms with Crippen molar-refractivity contribution in [2.75, 3.05) is 7.05 Å². The maximum Gasteiger partial charge on any atom is 0.117 e. The average Bonchev–Trinajstić information content (AvgIpc) is 2.14. The minimum Gasteiger partial charge on any atom is -0.367 e. The number of hydrogen-bond acceptors (Lipinski definition) is 2. The van der Waals surface area contributed by atoms with E-state index in [-0.39, 0.29) is 0 Å². The summed E-state index contributed by atoms with van der Waals surface area (Å²) in [5, 5.41) is 3.08. The van der Waals surface area contributed by atoms with Crippen LogP contribution in [-0.4, -0.2) is 18.1 Å². The molecule has 0 aromatic heterocycles. The molecular formula is C6H10N2. The molecule has 0 unspecified atom stereocenters.